The summed E-state index contributed by atoms with van der Waals surface area (Å²) in [4.78, 5) is 0. The molecule has 2 aliphatic rings. The zero-order valence-electron chi connectivity index (χ0n) is 16.9. The highest BCUT2D eigenvalue weighted by molar-refractivity contribution is 5.59. The molecule has 3 atom stereocenters. The van der Waals surface area contributed by atoms with Gasteiger partial charge in [-0.1, -0.05) is 24.3 Å². The minimum absolute atomic E-state index is 0.218. The largest absolute Gasteiger partial charge is 0.496 e. The van der Waals surface area contributed by atoms with Crippen molar-refractivity contribution >= 4 is 0 Å². The molecule has 2 aromatic carbocycles. The van der Waals surface area contributed by atoms with E-state index in [-0.39, 0.29) is 6.10 Å². The fraction of sp³-hybridized carbons (Fsp3) is 0.391. The van der Waals surface area contributed by atoms with E-state index in [0.29, 0.717) is 0 Å². The van der Waals surface area contributed by atoms with Crippen LogP contribution in [0.2, 0.25) is 0 Å². The van der Waals surface area contributed by atoms with Crippen LogP contribution in [-0.4, -0.2) is 35.5 Å². The highest BCUT2D eigenvalue weighted by atomic mass is 16.5. The zero-order valence-corrected chi connectivity index (χ0v) is 16.9. The lowest BCUT2D eigenvalue weighted by atomic mass is 9.67. The molecule has 0 saturated heterocycles. The predicted octanol–water partition coefficient (Wildman–Crippen LogP) is 3.90. The van der Waals surface area contributed by atoms with Crippen LogP contribution in [-0.2, 0) is 31.8 Å². The smallest absolute Gasteiger partial charge is 0.145 e. The highest BCUT2D eigenvalue weighted by Crippen LogP contribution is 2.58. The summed E-state index contributed by atoms with van der Waals surface area (Å²) in [5.41, 5.74) is 3.08. The monoisotopic (exact) mass is 382 g/mol. The summed E-state index contributed by atoms with van der Waals surface area (Å²) in [6.07, 6.45) is 4.68. The van der Waals surface area contributed by atoms with Gasteiger partial charge in [0.05, 0.1) is 14.2 Å². The molecule has 0 N–H and O–H groups in total. The molecule has 148 valence electrons. The summed E-state index contributed by atoms with van der Waals surface area (Å²) in [6, 6.07) is 12.0. The third kappa shape index (κ3) is 2.37. The molecule has 1 unspecified atom stereocenters. The molecular weight excluding hydrogens is 356 g/mol. The van der Waals surface area contributed by atoms with Crippen LogP contribution in [0.25, 0.3) is 0 Å². The Morgan fingerprint density at radius 3 is 2.11 bits per heavy atom. The lowest BCUT2D eigenvalue weighted by Crippen LogP contribution is -2.46. The van der Waals surface area contributed by atoms with Gasteiger partial charge in [0.15, 0.2) is 0 Å². The molecule has 5 nitrogen and oxygen atoms in total. The third-order valence-corrected chi connectivity index (χ3v) is 6.09. The summed E-state index contributed by atoms with van der Waals surface area (Å²) >= 11 is 0. The Hall–Kier alpha value is -2.34. The number of ether oxygens (including phenoxy) is 5. The molecule has 2 aromatic rings. The van der Waals surface area contributed by atoms with Gasteiger partial charge in [0.2, 0.25) is 0 Å². The van der Waals surface area contributed by atoms with Crippen molar-refractivity contribution < 1.29 is 23.7 Å². The minimum Gasteiger partial charge on any atom is -0.496 e. The van der Waals surface area contributed by atoms with Gasteiger partial charge in [0, 0.05) is 38.9 Å². The maximum atomic E-state index is 6.02. The molecule has 2 aliphatic carbocycles. The van der Waals surface area contributed by atoms with Crippen molar-refractivity contribution in [3.63, 3.8) is 0 Å². The SMILES string of the molecule is COc1cccc2c1C(/C=C/[C@]1(OC)c3c(OC)cccc3[C@H]1OC)(OC)C2. The van der Waals surface area contributed by atoms with E-state index in [1.807, 2.05) is 36.4 Å². The first-order chi connectivity index (χ1) is 13.6. The van der Waals surface area contributed by atoms with Gasteiger partial charge in [-0.3, -0.25) is 0 Å². The van der Waals surface area contributed by atoms with Crippen LogP contribution < -0.4 is 9.47 Å². The van der Waals surface area contributed by atoms with Gasteiger partial charge >= 0.3 is 0 Å². The normalized spacial score (nSPS) is 27.5. The Labute approximate surface area is 165 Å². The standard InChI is InChI=1S/C23H26O5/c1-24-17-10-6-8-15-14-22(27-4,19(15)17)12-13-23(28-5)20-16(21(23)26-3)9-7-11-18(20)25-2/h6-13,21H,14H2,1-5H3/b13-12+/t21-,22?,23+/m1/s1. The number of methoxy groups -OCH3 is 5. The Bertz CT molecular complexity index is 921. The number of benzene rings is 2. The van der Waals surface area contributed by atoms with Crippen LogP contribution in [0, 0.1) is 0 Å². The van der Waals surface area contributed by atoms with Crippen molar-refractivity contribution in [1.29, 1.82) is 0 Å². The third-order valence-electron chi connectivity index (χ3n) is 6.09. The van der Waals surface area contributed by atoms with Crippen molar-refractivity contribution in [1.82, 2.24) is 0 Å². The Kier molecular flexibility index (Phi) is 4.70. The molecular formula is C23H26O5. The predicted molar refractivity (Wildman–Crippen MR) is 106 cm³/mol. The van der Waals surface area contributed by atoms with Gasteiger partial charge in [0.25, 0.3) is 0 Å². The lowest BCUT2D eigenvalue weighted by molar-refractivity contribution is -0.123. The molecule has 5 heteroatoms. The van der Waals surface area contributed by atoms with Crippen molar-refractivity contribution in [3.05, 3.63) is 70.8 Å². The van der Waals surface area contributed by atoms with E-state index >= 15 is 0 Å². The molecule has 0 heterocycles. The van der Waals surface area contributed by atoms with E-state index < -0.39 is 11.2 Å². The lowest BCUT2D eigenvalue weighted by Gasteiger charge is -2.49. The van der Waals surface area contributed by atoms with Gasteiger partial charge in [-0.2, -0.15) is 0 Å². The first-order valence-electron chi connectivity index (χ1n) is 9.28. The molecule has 0 aliphatic heterocycles. The topological polar surface area (TPSA) is 46.2 Å². The van der Waals surface area contributed by atoms with Crippen molar-refractivity contribution in [2.75, 3.05) is 35.5 Å². The zero-order chi connectivity index (χ0) is 19.9. The van der Waals surface area contributed by atoms with Crippen LogP contribution in [0.3, 0.4) is 0 Å². The Morgan fingerprint density at radius 2 is 1.50 bits per heavy atom. The number of rotatable bonds is 7. The average Bonchev–Trinajstić information content (AvgIpc) is 2.71. The molecule has 4 rings (SSSR count). The second-order valence-electron chi connectivity index (χ2n) is 7.14. The maximum Gasteiger partial charge on any atom is 0.145 e. The minimum atomic E-state index is -0.736. The summed E-state index contributed by atoms with van der Waals surface area (Å²) in [5, 5.41) is 0. The Balaban J connectivity index is 1.79. The second-order valence-corrected chi connectivity index (χ2v) is 7.14. The molecule has 0 radical (unpaired) electrons. The summed E-state index contributed by atoms with van der Waals surface area (Å²) in [5.74, 6) is 1.62. The average molecular weight is 382 g/mol. The van der Waals surface area contributed by atoms with Crippen LogP contribution in [0.1, 0.15) is 28.4 Å². The van der Waals surface area contributed by atoms with Crippen LogP contribution in [0.4, 0.5) is 0 Å². The molecule has 0 spiro atoms. The number of fused-ring (bicyclic) bond motifs is 2. The first kappa shape index (κ1) is 19.0. The summed E-state index contributed by atoms with van der Waals surface area (Å²) < 4.78 is 29.0. The van der Waals surface area contributed by atoms with E-state index in [1.54, 1.807) is 35.5 Å². The van der Waals surface area contributed by atoms with Crippen molar-refractivity contribution in [3.8, 4) is 11.5 Å². The molecule has 0 saturated carbocycles. The molecule has 0 aromatic heterocycles. The fourth-order valence-electron chi connectivity index (χ4n) is 4.67. The molecule has 0 bridgehead atoms. The van der Waals surface area contributed by atoms with Gasteiger partial charge < -0.3 is 23.7 Å². The van der Waals surface area contributed by atoms with Gasteiger partial charge in [-0.25, -0.2) is 0 Å². The van der Waals surface area contributed by atoms with E-state index in [4.69, 9.17) is 23.7 Å². The van der Waals surface area contributed by atoms with Gasteiger partial charge in [0.1, 0.15) is 28.8 Å². The van der Waals surface area contributed by atoms with Gasteiger partial charge in [-0.05, 0) is 35.4 Å². The first-order valence-corrected chi connectivity index (χ1v) is 9.28. The molecule has 0 amide bonds. The van der Waals surface area contributed by atoms with Crippen LogP contribution in [0.5, 0.6) is 11.5 Å². The number of hydrogen-bond acceptors (Lipinski definition) is 5. The van der Waals surface area contributed by atoms with E-state index in [9.17, 15) is 0 Å². The van der Waals surface area contributed by atoms with E-state index in [1.165, 1.54) is 5.56 Å². The summed E-state index contributed by atoms with van der Waals surface area (Å²) in [7, 11) is 8.47. The van der Waals surface area contributed by atoms with E-state index in [2.05, 4.69) is 12.1 Å². The van der Waals surface area contributed by atoms with E-state index in [0.717, 1.165) is 34.6 Å². The van der Waals surface area contributed by atoms with Crippen LogP contribution >= 0.6 is 0 Å². The van der Waals surface area contributed by atoms with Crippen molar-refractivity contribution in [2.45, 2.75) is 23.7 Å². The Morgan fingerprint density at radius 1 is 0.821 bits per heavy atom. The molecule has 0 fully saturated rings. The maximum absolute atomic E-state index is 6.02. The highest BCUT2D eigenvalue weighted by Gasteiger charge is 2.54. The van der Waals surface area contributed by atoms with Gasteiger partial charge in [-0.15, -0.1) is 0 Å². The summed E-state index contributed by atoms with van der Waals surface area (Å²) in [6.45, 7) is 0. The molecule has 28 heavy (non-hydrogen) atoms. The number of hydrogen-bond donors (Lipinski definition) is 0. The fourth-order valence-corrected chi connectivity index (χ4v) is 4.67. The van der Waals surface area contributed by atoms with Crippen LogP contribution in [0.15, 0.2) is 48.6 Å². The van der Waals surface area contributed by atoms with Crippen molar-refractivity contribution in [2.24, 2.45) is 0 Å². The second kappa shape index (κ2) is 6.92. The quantitative estimate of drug-likeness (QED) is 0.680.